The molecule has 0 aliphatic carbocycles. The summed E-state index contributed by atoms with van der Waals surface area (Å²) in [6.45, 7) is 6.56. The number of ether oxygens (including phenoxy) is 1. The van der Waals surface area contributed by atoms with Crippen LogP contribution in [0.5, 0.6) is 5.75 Å². The molecule has 2 aromatic rings. The van der Waals surface area contributed by atoms with E-state index in [1.54, 1.807) is 0 Å². The quantitative estimate of drug-likeness (QED) is 0.502. The Hall–Kier alpha value is -2.07. The van der Waals surface area contributed by atoms with Gasteiger partial charge in [0.05, 0.1) is 0 Å². The van der Waals surface area contributed by atoms with Crippen LogP contribution in [-0.4, -0.2) is 36.5 Å². The molecule has 0 spiro atoms. The fraction of sp³-hybridized carbons (Fsp3) is 0.421. The summed E-state index contributed by atoms with van der Waals surface area (Å²) in [5.74, 6) is 0.368. The highest BCUT2D eigenvalue weighted by molar-refractivity contribution is 5.92. The molecule has 0 saturated carbocycles. The van der Waals surface area contributed by atoms with E-state index in [-0.39, 0.29) is 5.97 Å². The fourth-order valence-electron chi connectivity index (χ4n) is 2.57. The molecule has 1 aromatic heterocycles. The third kappa shape index (κ3) is 4.70. The average molecular weight is 314 g/mol. The molecule has 0 unspecified atom stereocenters. The Kier molecular flexibility index (Phi) is 5.61. The number of nitrogens with one attached hydrogen (secondary N) is 1. The lowest BCUT2D eigenvalue weighted by molar-refractivity contribution is -0.131. The van der Waals surface area contributed by atoms with Gasteiger partial charge in [0.1, 0.15) is 5.75 Å². The lowest BCUT2D eigenvalue weighted by atomic mass is 10.0. The highest BCUT2D eigenvalue weighted by Gasteiger charge is 2.13. The van der Waals surface area contributed by atoms with Crippen molar-refractivity contribution in [1.29, 1.82) is 0 Å². The Labute approximate surface area is 138 Å². The second-order valence-corrected chi connectivity index (χ2v) is 6.46. The smallest absolute Gasteiger partial charge is 0.308 e. The lowest BCUT2D eigenvalue weighted by Crippen LogP contribution is -2.15. The van der Waals surface area contributed by atoms with Gasteiger partial charge in [-0.3, -0.25) is 4.79 Å². The SMILES string of the molecule is CC(=O)Oc1cc(CC=C(C)C)cc2[nH]cc(CCN(C)C)c12. The molecule has 0 fully saturated rings. The number of allylic oxidation sites excluding steroid dienone is 2. The first-order valence-corrected chi connectivity index (χ1v) is 7.96. The van der Waals surface area contributed by atoms with E-state index in [2.05, 4.69) is 50.0 Å². The summed E-state index contributed by atoms with van der Waals surface area (Å²) in [4.78, 5) is 17.0. The number of hydrogen-bond acceptors (Lipinski definition) is 3. The Morgan fingerprint density at radius 2 is 2.00 bits per heavy atom. The van der Waals surface area contributed by atoms with Crippen molar-refractivity contribution < 1.29 is 9.53 Å². The predicted octanol–water partition coefficient (Wildman–Crippen LogP) is 3.71. The number of rotatable bonds is 6. The minimum atomic E-state index is -0.287. The van der Waals surface area contributed by atoms with Crippen LogP contribution in [-0.2, 0) is 17.6 Å². The summed E-state index contributed by atoms with van der Waals surface area (Å²) >= 11 is 0. The second kappa shape index (κ2) is 7.47. The third-order valence-corrected chi connectivity index (χ3v) is 3.71. The van der Waals surface area contributed by atoms with Crippen LogP contribution >= 0.6 is 0 Å². The minimum absolute atomic E-state index is 0.287. The molecule has 1 N–H and O–H groups in total. The molecule has 0 atom stereocenters. The summed E-state index contributed by atoms with van der Waals surface area (Å²) in [6, 6.07) is 4.12. The Bertz CT molecular complexity index is 722. The van der Waals surface area contributed by atoms with E-state index in [1.165, 1.54) is 18.1 Å². The van der Waals surface area contributed by atoms with Crippen molar-refractivity contribution in [3.05, 3.63) is 41.1 Å². The second-order valence-electron chi connectivity index (χ2n) is 6.46. The lowest BCUT2D eigenvalue weighted by Gasteiger charge is -2.11. The van der Waals surface area contributed by atoms with E-state index < -0.39 is 0 Å². The van der Waals surface area contributed by atoms with Crippen molar-refractivity contribution in [3.8, 4) is 5.75 Å². The maximum absolute atomic E-state index is 11.5. The standard InChI is InChI=1S/C19H26N2O2/c1-13(2)6-7-15-10-17-19(18(11-15)23-14(3)22)16(12-20-17)8-9-21(4)5/h6,10-12,20H,7-9H2,1-5H3. The molecule has 23 heavy (non-hydrogen) atoms. The van der Waals surface area contributed by atoms with Gasteiger partial charge in [-0.05, 0) is 64.0 Å². The molecule has 2 rings (SSSR count). The van der Waals surface area contributed by atoms with Crippen molar-refractivity contribution in [2.45, 2.75) is 33.6 Å². The predicted molar refractivity (Wildman–Crippen MR) is 95.0 cm³/mol. The van der Waals surface area contributed by atoms with Gasteiger partial charge >= 0.3 is 5.97 Å². The monoisotopic (exact) mass is 314 g/mol. The van der Waals surface area contributed by atoms with Crippen molar-refractivity contribution in [2.75, 3.05) is 20.6 Å². The van der Waals surface area contributed by atoms with Gasteiger partial charge in [-0.15, -0.1) is 0 Å². The molecule has 0 radical (unpaired) electrons. The Balaban J connectivity index is 2.44. The largest absolute Gasteiger partial charge is 0.426 e. The number of carbonyl (C=O) groups is 1. The number of esters is 1. The van der Waals surface area contributed by atoms with Crippen molar-refractivity contribution in [3.63, 3.8) is 0 Å². The number of H-pyrrole nitrogens is 1. The normalized spacial score (nSPS) is 11.0. The van der Waals surface area contributed by atoms with Crippen LogP contribution in [0, 0.1) is 0 Å². The number of likely N-dealkylation sites (N-methyl/N-ethyl adjacent to an activating group) is 1. The van der Waals surface area contributed by atoms with Gasteiger partial charge in [0.25, 0.3) is 0 Å². The molecule has 0 aliphatic rings. The number of aromatic amines is 1. The zero-order valence-electron chi connectivity index (χ0n) is 14.7. The third-order valence-electron chi connectivity index (χ3n) is 3.71. The summed E-state index contributed by atoms with van der Waals surface area (Å²) in [5, 5.41) is 1.02. The van der Waals surface area contributed by atoms with Gasteiger partial charge in [-0.2, -0.15) is 0 Å². The first-order valence-electron chi connectivity index (χ1n) is 7.96. The minimum Gasteiger partial charge on any atom is -0.426 e. The van der Waals surface area contributed by atoms with Gasteiger partial charge in [-0.1, -0.05) is 11.6 Å². The van der Waals surface area contributed by atoms with Gasteiger partial charge in [-0.25, -0.2) is 0 Å². The molecular weight excluding hydrogens is 288 g/mol. The van der Waals surface area contributed by atoms with Crippen LogP contribution in [0.2, 0.25) is 0 Å². The highest BCUT2D eigenvalue weighted by atomic mass is 16.5. The molecule has 0 saturated heterocycles. The molecular formula is C19H26N2O2. The molecule has 0 bridgehead atoms. The summed E-state index contributed by atoms with van der Waals surface area (Å²) < 4.78 is 5.49. The maximum atomic E-state index is 11.5. The van der Waals surface area contributed by atoms with Crippen LogP contribution in [0.15, 0.2) is 30.0 Å². The van der Waals surface area contributed by atoms with Gasteiger partial charge in [0.2, 0.25) is 0 Å². The van der Waals surface area contributed by atoms with Crippen molar-refractivity contribution in [2.24, 2.45) is 0 Å². The molecule has 4 heteroatoms. The fourth-order valence-corrected chi connectivity index (χ4v) is 2.57. The summed E-state index contributed by atoms with van der Waals surface area (Å²) in [7, 11) is 4.11. The van der Waals surface area contributed by atoms with Crippen LogP contribution in [0.3, 0.4) is 0 Å². The van der Waals surface area contributed by atoms with E-state index in [9.17, 15) is 4.79 Å². The number of hydrogen-bond donors (Lipinski definition) is 1. The number of carbonyl (C=O) groups excluding carboxylic acids is 1. The number of benzene rings is 1. The Morgan fingerprint density at radius 1 is 1.26 bits per heavy atom. The van der Waals surface area contributed by atoms with E-state index >= 15 is 0 Å². The van der Waals surface area contributed by atoms with E-state index in [1.807, 2.05) is 12.3 Å². The van der Waals surface area contributed by atoms with Crippen LogP contribution < -0.4 is 4.74 Å². The first-order chi connectivity index (χ1) is 10.9. The van der Waals surface area contributed by atoms with Gasteiger partial charge in [0.15, 0.2) is 0 Å². The summed E-state index contributed by atoms with van der Waals surface area (Å²) in [6.07, 6.45) is 5.94. The molecule has 0 amide bonds. The van der Waals surface area contributed by atoms with E-state index in [0.717, 1.165) is 35.9 Å². The topological polar surface area (TPSA) is 45.3 Å². The van der Waals surface area contributed by atoms with Gasteiger partial charge in [0, 0.05) is 30.6 Å². The first kappa shape index (κ1) is 17.3. The number of fused-ring (bicyclic) bond motifs is 1. The average Bonchev–Trinajstić information content (AvgIpc) is 2.85. The molecule has 1 aromatic carbocycles. The van der Waals surface area contributed by atoms with Crippen LogP contribution in [0.25, 0.3) is 10.9 Å². The molecule has 1 heterocycles. The maximum Gasteiger partial charge on any atom is 0.308 e. The highest BCUT2D eigenvalue weighted by Crippen LogP contribution is 2.31. The summed E-state index contributed by atoms with van der Waals surface area (Å²) in [5.41, 5.74) is 4.61. The van der Waals surface area contributed by atoms with Gasteiger partial charge < -0.3 is 14.6 Å². The zero-order valence-corrected chi connectivity index (χ0v) is 14.7. The van der Waals surface area contributed by atoms with Crippen molar-refractivity contribution >= 4 is 16.9 Å². The molecule has 0 aliphatic heterocycles. The Morgan fingerprint density at radius 3 is 2.61 bits per heavy atom. The van der Waals surface area contributed by atoms with Crippen LogP contribution in [0.1, 0.15) is 31.9 Å². The molecule has 4 nitrogen and oxygen atoms in total. The molecule has 124 valence electrons. The number of nitrogens with zero attached hydrogens (tertiary/aromatic N) is 1. The number of aromatic nitrogens is 1. The van der Waals surface area contributed by atoms with E-state index in [0.29, 0.717) is 5.75 Å². The van der Waals surface area contributed by atoms with Crippen LogP contribution in [0.4, 0.5) is 0 Å². The zero-order chi connectivity index (χ0) is 17.0. The van der Waals surface area contributed by atoms with Crippen molar-refractivity contribution in [1.82, 2.24) is 9.88 Å². The van der Waals surface area contributed by atoms with E-state index in [4.69, 9.17) is 4.74 Å².